The number of benzene rings is 1. The number of hydrogen-bond acceptors (Lipinski definition) is 2. The highest BCUT2D eigenvalue weighted by Gasteiger charge is 2.07. The second kappa shape index (κ2) is 5.14. The first-order chi connectivity index (χ1) is 6.63. The average molecular weight is 253 g/mol. The average Bonchev–Trinajstić information content (AvgIpc) is 2.18. The molecular formula is C11H13BrN2. The van der Waals surface area contributed by atoms with Gasteiger partial charge in [0.15, 0.2) is 0 Å². The molecule has 2 nitrogen and oxygen atoms in total. The lowest BCUT2D eigenvalue weighted by Crippen LogP contribution is -2.27. The van der Waals surface area contributed by atoms with Gasteiger partial charge in [-0.1, -0.05) is 28.1 Å². The van der Waals surface area contributed by atoms with Gasteiger partial charge in [-0.25, -0.2) is 0 Å². The maximum Gasteiger partial charge on any atom is 0.0929 e. The molecular weight excluding hydrogens is 240 g/mol. The number of nitrogens with one attached hydrogen (secondary N) is 1. The maximum absolute atomic E-state index is 8.65. The Bertz CT molecular complexity index is 326. The van der Waals surface area contributed by atoms with E-state index in [9.17, 15) is 0 Å². The number of hydrogen-bond donors (Lipinski definition) is 1. The summed E-state index contributed by atoms with van der Waals surface area (Å²) in [6.07, 6.45) is 0. The van der Waals surface area contributed by atoms with E-state index in [1.165, 1.54) is 5.56 Å². The second-order valence-electron chi connectivity index (χ2n) is 3.29. The molecule has 1 rings (SSSR count). The van der Waals surface area contributed by atoms with Crippen LogP contribution in [-0.2, 0) is 0 Å². The Morgan fingerprint density at radius 2 is 1.86 bits per heavy atom. The zero-order valence-electron chi connectivity index (χ0n) is 8.29. The minimum Gasteiger partial charge on any atom is -0.296 e. The molecule has 0 bridgehead atoms. The van der Waals surface area contributed by atoms with Gasteiger partial charge in [0, 0.05) is 10.5 Å². The van der Waals surface area contributed by atoms with Crippen LogP contribution in [0.15, 0.2) is 28.7 Å². The zero-order chi connectivity index (χ0) is 10.6. The molecule has 74 valence electrons. The summed E-state index contributed by atoms with van der Waals surface area (Å²) in [5.41, 5.74) is 1.19. The molecule has 14 heavy (non-hydrogen) atoms. The molecule has 0 saturated carbocycles. The van der Waals surface area contributed by atoms with Gasteiger partial charge in [0.25, 0.3) is 0 Å². The molecule has 0 aromatic heterocycles. The minimum absolute atomic E-state index is 0.117. The summed E-state index contributed by atoms with van der Waals surface area (Å²) >= 11 is 3.39. The van der Waals surface area contributed by atoms with E-state index in [1.807, 2.05) is 31.2 Å². The van der Waals surface area contributed by atoms with Crippen molar-refractivity contribution in [2.45, 2.75) is 25.9 Å². The summed E-state index contributed by atoms with van der Waals surface area (Å²) in [6.45, 7) is 3.91. The second-order valence-corrected chi connectivity index (χ2v) is 4.21. The number of nitrogens with zero attached hydrogens (tertiary/aromatic N) is 1. The van der Waals surface area contributed by atoms with Gasteiger partial charge in [-0.2, -0.15) is 5.26 Å². The highest BCUT2D eigenvalue weighted by Crippen LogP contribution is 2.16. The lowest BCUT2D eigenvalue weighted by molar-refractivity contribution is 0.543. The summed E-state index contributed by atoms with van der Waals surface area (Å²) in [4.78, 5) is 0. The molecule has 0 radical (unpaired) electrons. The van der Waals surface area contributed by atoms with Crippen LogP contribution >= 0.6 is 15.9 Å². The van der Waals surface area contributed by atoms with Crippen LogP contribution in [0.2, 0.25) is 0 Å². The van der Waals surface area contributed by atoms with Crippen molar-refractivity contribution in [3.8, 4) is 6.07 Å². The van der Waals surface area contributed by atoms with E-state index >= 15 is 0 Å². The predicted octanol–water partition coefficient (Wildman–Crippen LogP) is 3.01. The molecule has 0 aliphatic heterocycles. The van der Waals surface area contributed by atoms with Crippen LogP contribution in [0.25, 0.3) is 0 Å². The fourth-order valence-electron chi connectivity index (χ4n) is 1.26. The summed E-state index contributed by atoms with van der Waals surface area (Å²) < 4.78 is 1.07. The van der Waals surface area contributed by atoms with Gasteiger partial charge in [-0.05, 0) is 31.5 Å². The topological polar surface area (TPSA) is 35.8 Å². The van der Waals surface area contributed by atoms with Crippen molar-refractivity contribution in [3.63, 3.8) is 0 Å². The smallest absolute Gasteiger partial charge is 0.0929 e. The van der Waals surface area contributed by atoms with Crippen molar-refractivity contribution in [1.82, 2.24) is 5.32 Å². The molecule has 0 heterocycles. The van der Waals surface area contributed by atoms with Crippen molar-refractivity contribution in [2.75, 3.05) is 0 Å². The molecule has 1 N–H and O–H groups in total. The maximum atomic E-state index is 8.65. The first-order valence-corrected chi connectivity index (χ1v) is 5.34. The number of nitriles is 1. The SMILES string of the molecule is CC(C#N)N[C@@H](C)c1ccc(Br)cc1. The fourth-order valence-corrected chi connectivity index (χ4v) is 1.52. The standard InChI is InChI=1S/C11H13BrN2/c1-8(7-13)14-9(2)10-3-5-11(12)6-4-10/h3-6,8-9,14H,1-2H3/t8?,9-/m0/s1. The number of halogens is 1. The van der Waals surface area contributed by atoms with Crippen LogP contribution in [0, 0.1) is 11.3 Å². The third kappa shape index (κ3) is 3.13. The lowest BCUT2D eigenvalue weighted by atomic mass is 10.1. The highest BCUT2D eigenvalue weighted by atomic mass is 79.9. The highest BCUT2D eigenvalue weighted by molar-refractivity contribution is 9.10. The Labute approximate surface area is 93.1 Å². The fraction of sp³-hybridized carbons (Fsp3) is 0.364. The zero-order valence-corrected chi connectivity index (χ0v) is 9.88. The van der Waals surface area contributed by atoms with Gasteiger partial charge in [-0.15, -0.1) is 0 Å². The molecule has 0 amide bonds. The Balaban J connectivity index is 2.66. The predicted molar refractivity (Wildman–Crippen MR) is 60.8 cm³/mol. The largest absolute Gasteiger partial charge is 0.296 e. The van der Waals surface area contributed by atoms with Gasteiger partial charge < -0.3 is 0 Å². The Hall–Kier alpha value is -0.850. The summed E-state index contributed by atoms with van der Waals surface area (Å²) in [6, 6.07) is 10.3. The molecule has 1 aromatic carbocycles. The molecule has 0 fully saturated rings. The number of rotatable bonds is 3. The first-order valence-electron chi connectivity index (χ1n) is 4.54. The summed E-state index contributed by atoms with van der Waals surface area (Å²) in [5.74, 6) is 0. The summed E-state index contributed by atoms with van der Waals surface area (Å²) in [7, 11) is 0. The van der Waals surface area contributed by atoms with Crippen LogP contribution < -0.4 is 5.32 Å². The normalized spacial score (nSPS) is 14.4. The molecule has 2 atom stereocenters. The first kappa shape index (κ1) is 11.2. The van der Waals surface area contributed by atoms with Crippen molar-refractivity contribution < 1.29 is 0 Å². The van der Waals surface area contributed by atoms with Gasteiger partial charge in [0.1, 0.15) is 0 Å². The van der Waals surface area contributed by atoms with Gasteiger partial charge in [0.2, 0.25) is 0 Å². The quantitative estimate of drug-likeness (QED) is 0.898. The van der Waals surface area contributed by atoms with E-state index in [1.54, 1.807) is 0 Å². The van der Waals surface area contributed by atoms with E-state index in [0.29, 0.717) is 0 Å². The van der Waals surface area contributed by atoms with E-state index in [4.69, 9.17) is 5.26 Å². The Morgan fingerprint density at radius 3 is 2.36 bits per heavy atom. The van der Waals surface area contributed by atoms with Crippen molar-refractivity contribution in [3.05, 3.63) is 34.3 Å². The third-order valence-corrected chi connectivity index (χ3v) is 2.59. The Morgan fingerprint density at radius 1 is 1.29 bits per heavy atom. The van der Waals surface area contributed by atoms with E-state index < -0.39 is 0 Å². The van der Waals surface area contributed by atoms with Crippen LogP contribution in [-0.4, -0.2) is 6.04 Å². The van der Waals surface area contributed by atoms with Crippen molar-refractivity contribution in [2.24, 2.45) is 0 Å². The van der Waals surface area contributed by atoms with E-state index in [0.717, 1.165) is 4.47 Å². The van der Waals surface area contributed by atoms with Crippen LogP contribution in [0.3, 0.4) is 0 Å². The van der Waals surface area contributed by atoms with Gasteiger partial charge >= 0.3 is 0 Å². The molecule has 1 unspecified atom stereocenters. The molecule has 0 spiro atoms. The monoisotopic (exact) mass is 252 g/mol. The third-order valence-electron chi connectivity index (χ3n) is 2.06. The molecule has 0 aliphatic rings. The van der Waals surface area contributed by atoms with E-state index in [2.05, 4.69) is 34.2 Å². The molecule has 0 saturated heterocycles. The van der Waals surface area contributed by atoms with Gasteiger partial charge in [-0.3, -0.25) is 5.32 Å². The minimum atomic E-state index is -0.117. The molecule has 1 aromatic rings. The molecule has 3 heteroatoms. The lowest BCUT2D eigenvalue weighted by Gasteiger charge is -2.15. The van der Waals surface area contributed by atoms with Crippen LogP contribution in [0.4, 0.5) is 0 Å². The van der Waals surface area contributed by atoms with E-state index in [-0.39, 0.29) is 12.1 Å². The van der Waals surface area contributed by atoms with Crippen LogP contribution in [0.1, 0.15) is 25.5 Å². The summed E-state index contributed by atoms with van der Waals surface area (Å²) in [5, 5.41) is 11.8. The molecule has 0 aliphatic carbocycles. The van der Waals surface area contributed by atoms with Crippen LogP contribution in [0.5, 0.6) is 0 Å². The van der Waals surface area contributed by atoms with Gasteiger partial charge in [0.05, 0.1) is 12.1 Å². The van der Waals surface area contributed by atoms with Crippen molar-refractivity contribution >= 4 is 15.9 Å². The van der Waals surface area contributed by atoms with Crippen molar-refractivity contribution in [1.29, 1.82) is 5.26 Å². The Kier molecular flexibility index (Phi) is 4.12.